The number of nitrogens with one attached hydrogen (secondary N) is 2. The monoisotopic (exact) mass is 579 g/mol. The van der Waals surface area contributed by atoms with Crippen LogP contribution in [0.4, 0.5) is 11.6 Å². The number of benzene rings is 3. The number of anilines is 2. The van der Waals surface area contributed by atoms with Gasteiger partial charge in [0.1, 0.15) is 24.7 Å². The van der Waals surface area contributed by atoms with Crippen molar-refractivity contribution in [3.05, 3.63) is 99.4 Å². The molecule has 40 heavy (non-hydrogen) atoms. The van der Waals surface area contributed by atoms with Gasteiger partial charge in [-0.1, -0.05) is 35.3 Å². The molecule has 0 aliphatic carbocycles. The van der Waals surface area contributed by atoms with Crippen molar-refractivity contribution in [3.63, 3.8) is 0 Å². The molecule has 0 saturated heterocycles. The molecule has 1 atom stereocenters. The summed E-state index contributed by atoms with van der Waals surface area (Å²) >= 11 is 12.2. The van der Waals surface area contributed by atoms with Crippen molar-refractivity contribution in [3.8, 4) is 17.2 Å². The number of methoxy groups -OCH3 is 1. The van der Waals surface area contributed by atoms with Gasteiger partial charge in [-0.25, -0.2) is 4.68 Å². The zero-order chi connectivity index (χ0) is 28.2. The second-order valence-electron chi connectivity index (χ2n) is 8.95. The summed E-state index contributed by atoms with van der Waals surface area (Å²) in [6, 6.07) is 17.5. The Hall–Kier alpha value is -4.21. The Morgan fingerprint density at radius 2 is 1.82 bits per heavy atom. The Kier molecular flexibility index (Phi) is 8.14. The highest BCUT2D eigenvalue weighted by Gasteiger charge is 2.34. The van der Waals surface area contributed by atoms with Gasteiger partial charge in [0.25, 0.3) is 5.91 Å². The first-order chi connectivity index (χ1) is 19.4. The first-order valence-corrected chi connectivity index (χ1v) is 13.3. The summed E-state index contributed by atoms with van der Waals surface area (Å²) in [6.07, 6.45) is 1.45. The van der Waals surface area contributed by atoms with Crippen LogP contribution in [-0.2, 0) is 11.4 Å². The smallest absolute Gasteiger partial charge is 0.255 e. The van der Waals surface area contributed by atoms with Gasteiger partial charge in [0.2, 0.25) is 5.95 Å². The Bertz CT molecular complexity index is 1570. The third-order valence-electron chi connectivity index (χ3n) is 6.35. The van der Waals surface area contributed by atoms with Crippen molar-refractivity contribution in [2.24, 2.45) is 0 Å². The lowest BCUT2D eigenvalue weighted by molar-refractivity contribution is -0.113. The number of allylic oxidation sites excluding steroid dienone is 1. The zero-order valence-electron chi connectivity index (χ0n) is 22.1. The summed E-state index contributed by atoms with van der Waals surface area (Å²) in [5.41, 5.74) is 3.42. The summed E-state index contributed by atoms with van der Waals surface area (Å²) < 4.78 is 18.9. The van der Waals surface area contributed by atoms with Gasteiger partial charge in [-0.2, -0.15) is 10.1 Å². The Morgan fingerprint density at radius 3 is 2.55 bits per heavy atom. The van der Waals surface area contributed by atoms with E-state index in [1.807, 2.05) is 38.1 Å². The third-order valence-corrected chi connectivity index (χ3v) is 7.09. The molecule has 1 amide bonds. The van der Waals surface area contributed by atoms with Crippen LogP contribution in [0.3, 0.4) is 0 Å². The molecule has 0 fully saturated rings. The van der Waals surface area contributed by atoms with Crippen LogP contribution in [0.15, 0.2) is 78.3 Å². The summed E-state index contributed by atoms with van der Waals surface area (Å²) in [5, 5.41) is 11.5. The molecule has 0 bridgehead atoms. The average molecular weight is 580 g/mol. The van der Waals surface area contributed by atoms with E-state index in [0.29, 0.717) is 56.8 Å². The van der Waals surface area contributed by atoms with Crippen molar-refractivity contribution in [2.75, 3.05) is 24.4 Å². The Morgan fingerprint density at radius 1 is 1.02 bits per heavy atom. The highest BCUT2D eigenvalue weighted by Crippen LogP contribution is 2.39. The van der Waals surface area contributed by atoms with Crippen LogP contribution in [0.25, 0.3) is 0 Å². The quantitative estimate of drug-likeness (QED) is 0.233. The molecule has 11 heteroatoms. The molecule has 9 nitrogen and oxygen atoms in total. The molecule has 2 heterocycles. The van der Waals surface area contributed by atoms with Crippen LogP contribution >= 0.6 is 23.2 Å². The van der Waals surface area contributed by atoms with Crippen molar-refractivity contribution < 1.29 is 19.0 Å². The van der Waals surface area contributed by atoms with E-state index < -0.39 is 6.04 Å². The van der Waals surface area contributed by atoms with Gasteiger partial charge in [0.15, 0.2) is 11.5 Å². The Labute approximate surface area is 241 Å². The van der Waals surface area contributed by atoms with Crippen LogP contribution in [0.5, 0.6) is 17.2 Å². The van der Waals surface area contributed by atoms with Crippen LogP contribution in [0, 0.1) is 0 Å². The Balaban J connectivity index is 1.46. The number of carbonyl (C=O) groups excluding carboxylic acids is 1. The number of halogens is 2. The molecular weight excluding hydrogens is 553 g/mol. The molecule has 206 valence electrons. The lowest BCUT2D eigenvalue weighted by atomic mass is 9.94. The highest BCUT2D eigenvalue weighted by molar-refractivity contribution is 6.42. The van der Waals surface area contributed by atoms with Crippen molar-refractivity contribution in [2.45, 2.75) is 26.5 Å². The van der Waals surface area contributed by atoms with Crippen LogP contribution in [0.2, 0.25) is 10.0 Å². The number of fused-ring (bicyclic) bond motifs is 1. The van der Waals surface area contributed by atoms with E-state index in [1.54, 1.807) is 48.2 Å². The predicted octanol–water partition coefficient (Wildman–Crippen LogP) is 6.50. The van der Waals surface area contributed by atoms with E-state index in [1.165, 1.54) is 6.33 Å². The number of ether oxygens (including phenoxy) is 3. The zero-order valence-corrected chi connectivity index (χ0v) is 23.6. The molecule has 0 spiro atoms. The van der Waals surface area contributed by atoms with E-state index in [2.05, 4.69) is 20.7 Å². The number of rotatable bonds is 9. The maximum Gasteiger partial charge on any atom is 0.255 e. The fourth-order valence-electron chi connectivity index (χ4n) is 4.44. The highest BCUT2D eigenvalue weighted by atomic mass is 35.5. The van der Waals surface area contributed by atoms with Crippen LogP contribution in [-0.4, -0.2) is 34.4 Å². The van der Waals surface area contributed by atoms with Crippen molar-refractivity contribution in [1.82, 2.24) is 14.8 Å². The number of nitrogens with zero attached hydrogens (tertiary/aromatic N) is 3. The minimum Gasteiger partial charge on any atom is -0.497 e. The van der Waals surface area contributed by atoms with E-state index in [0.717, 1.165) is 11.1 Å². The number of carbonyl (C=O) groups is 1. The maximum absolute atomic E-state index is 13.7. The molecule has 1 aliphatic rings. The topological polar surface area (TPSA) is 99.5 Å². The van der Waals surface area contributed by atoms with Gasteiger partial charge in [-0.15, -0.1) is 0 Å². The summed E-state index contributed by atoms with van der Waals surface area (Å²) in [6.45, 7) is 4.43. The molecule has 1 aromatic heterocycles. The first-order valence-electron chi connectivity index (χ1n) is 12.5. The summed E-state index contributed by atoms with van der Waals surface area (Å²) in [5.74, 6) is 2.03. The fourth-order valence-corrected chi connectivity index (χ4v) is 4.76. The number of hydrogen-bond donors (Lipinski definition) is 2. The fraction of sp³-hybridized carbons (Fsp3) is 0.207. The normalized spacial score (nSPS) is 14.3. The van der Waals surface area contributed by atoms with Crippen LogP contribution in [0.1, 0.15) is 31.0 Å². The summed E-state index contributed by atoms with van der Waals surface area (Å²) in [7, 11) is 1.59. The van der Waals surface area contributed by atoms with Gasteiger partial charge < -0.3 is 24.8 Å². The molecule has 0 unspecified atom stereocenters. The predicted molar refractivity (Wildman–Crippen MR) is 155 cm³/mol. The number of aromatic nitrogens is 3. The molecule has 0 saturated carbocycles. The third kappa shape index (κ3) is 5.71. The molecule has 1 aliphatic heterocycles. The molecular formula is C29H27Cl2N5O4. The van der Waals surface area contributed by atoms with Gasteiger partial charge in [0, 0.05) is 11.4 Å². The lowest BCUT2D eigenvalue weighted by Crippen LogP contribution is -2.31. The summed E-state index contributed by atoms with van der Waals surface area (Å²) in [4.78, 5) is 18.0. The SMILES string of the molecule is CCOc1cc([C@H]2C(C(=O)Nc3ccc(OC)cc3)=C(C)Nc3ncnn32)ccc1OCc1ccc(Cl)c(Cl)c1. The number of amides is 1. The van der Waals surface area contributed by atoms with Crippen molar-refractivity contribution in [1.29, 1.82) is 0 Å². The standard InChI is InChI=1S/C29H27Cl2N5O4/c1-4-39-25-14-19(6-12-24(25)40-15-18-5-11-22(30)23(31)13-18)27-26(17(2)34-29-32-16-33-36(27)29)28(37)35-20-7-9-21(38-3)10-8-20/h5-14,16,27H,4,15H2,1-3H3,(H,35,37)(H,32,33,34)/t27-/m0/s1. The second kappa shape index (κ2) is 11.9. The average Bonchev–Trinajstić information content (AvgIpc) is 3.42. The number of hydrogen-bond acceptors (Lipinski definition) is 7. The minimum atomic E-state index is -0.569. The second-order valence-corrected chi connectivity index (χ2v) is 9.77. The van der Waals surface area contributed by atoms with Crippen molar-refractivity contribution >= 4 is 40.7 Å². The van der Waals surface area contributed by atoms with E-state index in [9.17, 15) is 4.79 Å². The van der Waals surface area contributed by atoms with Gasteiger partial charge in [-0.05, 0) is 73.5 Å². The van der Waals surface area contributed by atoms with Gasteiger partial charge in [0.05, 0.1) is 29.3 Å². The first kappa shape index (κ1) is 27.4. The van der Waals surface area contributed by atoms with E-state index >= 15 is 0 Å². The van der Waals surface area contributed by atoms with Gasteiger partial charge >= 0.3 is 0 Å². The molecule has 4 aromatic rings. The maximum atomic E-state index is 13.7. The molecule has 5 rings (SSSR count). The lowest BCUT2D eigenvalue weighted by Gasteiger charge is -2.29. The molecule has 2 N–H and O–H groups in total. The van der Waals surface area contributed by atoms with Gasteiger partial charge in [-0.3, -0.25) is 4.79 Å². The van der Waals surface area contributed by atoms with Crippen LogP contribution < -0.4 is 24.8 Å². The minimum absolute atomic E-state index is 0.269. The van der Waals surface area contributed by atoms with E-state index in [4.69, 9.17) is 37.4 Å². The largest absolute Gasteiger partial charge is 0.497 e. The van der Waals surface area contributed by atoms with E-state index in [-0.39, 0.29) is 12.5 Å². The molecule has 3 aromatic carbocycles. The molecule has 0 radical (unpaired) electrons.